The fourth-order valence-corrected chi connectivity index (χ4v) is 2.06. The van der Waals surface area contributed by atoms with E-state index >= 15 is 0 Å². The van der Waals surface area contributed by atoms with Gasteiger partial charge in [0.05, 0.1) is 22.3 Å². The lowest BCUT2D eigenvalue weighted by molar-refractivity contribution is 0.477. The van der Waals surface area contributed by atoms with E-state index in [0.29, 0.717) is 16.4 Å². The Morgan fingerprint density at radius 1 is 1.12 bits per heavy atom. The van der Waals surface area contributed by atoms with Crippen molar-refractivity contribution >= 4 is 17.1 Å². The molecule has 0 unspecified atom stereocenters. The third-order valence-corrected chi connectivity index (χ3v) is 2.98. The highest BCUT2D eigenvalue weighted by molar-refractivity contribution is 6.33. The Hall–Kier alpha value is -2.00. The van der Waals surface area contributed by atoms with Crippen molar-refractivity contribution in [3.8, 4) is 17.1 Å². The average molecular weight is 245 g/mol. The molecule has 2 aromatic heterocycles. The Balaban J connectivity index is 2.33. The van der Waals surface area contributed by atoms with Gasteiger partial charge in [-0.05, 0) is 24.3 Å². The SMILES string of the molecule is Oc1ccccc1-c1ncc2c(Cl)cccn12. The summed E-state index contributed by atoms with van der Waals surface area (Å²) in [6.07, 6.45) is 3.57. The molecule has 0 atom stereocenters. The molecule has 84 valence electrons. The molecule has 0 saturated carbocycles. The number of imidazole rings is 1. The van der Waals surface area contributed by atoms with Gasteiger partial charge in [0.15, 0.2) is 0 Å². The van der Waals surface area contributed by atoms with Crippen molar-refractivity contribution in [2.45, 2.75) is 0 Å². The van der Waals surface area contributed by atoms with Crippen molar-refractivity contribution in [1.82, 2.24) is 9.38 Å². The van der Waals surface area contributed by atoms with E-state index in [0.717, 1.165) is 5.52 Å². The summed E-state index contributed by atoms with van der Waals surface area (Å²) in [7, 11) is 0. The molecule has 4 heteroatoms. The minimum Gasteiger partial charge on any atom is -0.507 e. The summed E-state index contributed by atoms with van der Waals surface area (Å²) in [6.45, 7) is 0. The lowest BCUT2D eigenvalue weighted by Gasteiger charge is -2.03. The number of para-hydroxylation sites is 1. The largest absolute Gasteiger partial charge is 0.507 e. The number of hydrogen-bond donors (Lipinski definition) is 1. The maximum Gasteiger partial charge on any atom is 0.148 e. The molecule has 0 aliphatic heterocycles. The monoisotopic (exact) mass is 244 g/mol. The lowest BCUT2D eigenvalue weighted by Crippen LogP contribution is -1.89. The van der Waals surface area contributed by atoms with Crippen LogP contribution in [0.3, 0.4) is 0 Å². The molecule has 0 aliphatic carbocycles. The van der Waals surface area contributed by atoms with Crippen LogP contribution in [-0.4, -0.2) is 14.5 Å². The zero-order valence-electron chi connectivity index (χ0n) is 8.84. The summed E-state index contributed by atoms with van der Waals surface area (Å²) in [5.74, 6) is 0.889. The van der Waals surface area contributed by atoms with Crippen molar-refractivity contribution in [1.29, 1.82) is 0 Å². The van der Waals surface area contributed by atoms with Crippen LogP contribution in [0.2, 0.25) is 5.02 Å². The first kappa shape index (κ1) is 10.2. The van der Waals surface area contributed by atoms with Gasteiger partial charge in [-0.25, -0.2) is 4.98 Å². The van der Waals surface area contributed by atoms with E-state index in [9.17, 15) is 5.11 Å². The van der Waals surface area contributed by atoms with Gasteiger partial charge in [-0.3, -0.25) is 4.40 Å². The molecule has 0 amide bonds. The fraction of sp³-hybridized carbons (Fsp3) is 0. The molecule has 17 heavy (non-hydrogen) atoms. The zero-order valence-corrected chi connectivity index (χ0v) is 9.59. The number of pyridine rings is 1. The summed E-state index contributed by atoms with van der Waals surface area (Å²) in [6, 6.07) is 10.8. The van der Waals surface area contributed by atoms with Gasteiger partial charge < -0.3 is 5.11 Å². The molecule has 3 rings (SSSR count). The lowest BCUT2D eigenvalue weighted by atomic mass is 10.2. The van der Waals surface area contributed by atoms with Crippen LogP contribution in [-0.2, 0) is 0 Å². The van der Waals surface area contributed by atoms with Crippen LogP contribution < -0.4 is 0 Å². The maximum absolute atomic E-state index is 9.82. The molecule has 3 nitrogen and oxygen atoms in total. The third kappa shape index (κ3) is 1.56. The molecule has 0 bridgehead atoms. The minimum absolute atomic E-state index is 0.208. The number of phenolic OH excluding ortho intramolecular Hbond substituents is 1. The number of benzene rings is 1. The summed E-state index contributed by atoms with van der Waals surface area (Å²) >= 11 is 6.07. The number of phenols is 1. The average Bonchev–Trinajstić information content (AvgIpc) is 2.75. The molecule has 0 fully saturated rings. The molecular formula is C13H9ClN2O. The minimum atomic E-state index is 0.208. The van der Waals surface area contributed by atoms with E-state index in [1.807, 2.05) is 34.9 Å². The van der Waals surface area contributed by atoms with Crippen LogP contribution >= 0.6 is 11.6 Å². The van der Waals surface area contributed by atoms with E-state index in [2.05, 4.69) is 4.98 Å². The van der Waals surface area contributed by atoms with Gasteiger partial charge in [0.1, 0.15) is 11.6 Å². The Morgan fingerprint density at radius 3 is 2.76 bits per heavy atom. The first-order valence-electron chi connectivity index (χ1n) is 5.17. The second-order valence-electron chi connectivity index (χ2n) is 3.71. The van der Waals surface area contributed by atoms with Crippen molar-refractivity contribution in [3.63, 3.8) is 0 Å². The third-order valence-electron chi connectivity index (χ3n) is 2.66. The Bertz CT molecular complexity index is 691. The Morgan fingerprint density at radius 2 is 1.94 bits per heavy atom. The second kappa shape index (κ2) is 3.79. The van der Waals surface area contributed by atoms with Crippen molar-refractivity contribution in [3.05, 3.63) is 53.8 Å². The number of rotatable bonds is 1. The van der Waals surface area contributed by atoms with Gasteiger partial charge in [0, 0.05) is 6.20 Å². The van der Waals surface area contributed by atoms with Crippen LogP contribution in [0.4, 0.5) is 0 Å². The van der Waals surface area contributed by atoms with Gasteiger partial charge in [0.25, 0.3) is 0 Å². The number of fused-ring (bicyclic) bond motifs is 1. The molecule has 1 aromatic carbocycles. The fourth-order valence-electron chi connectivity index (χ4n) is 1.85. The highest BCUT2D eigenvalue weighted by Crippen LogP contribution is 2.29. The van der Waals surface area contributed by atoms with Gasteiger partial charge >= 0.3 is 0 Å². The first-order chi connectivity index (χ1) is 8.27. The molecule has 1 N–H and O–H groups in total. The van der Waals surface area contributed by atoms with Crippen LogP contribution in [0.15, 0.2) is 48.8 Å². The normalized spacial score (nSPS) is 10.9. The quantitative estimate of drug-likeness (QED) is 0.713. The summed E-state index contributed by atoms with van der Waals surface area (Å²) < 4.78 is 1.86. The molecule has 0 radical (unpaired) electrons. The summed E-state index contributed by atoms with van der Waals surface area (Å²) in [5.41, 5.74) is 1.52. The van der Waals surface area contributed by atoms with Crippen molar-refractivity contribution in [2.24, 2.45) is 0 Å². The highest BCUT2D eigenvalue weighted by Gasteiger charge is 2.10. The molecule has 0 saturated heterocycles. The highest BCUT2D eigenvalue weighted by atomic mass is 35.5. The van der Waals surface area contributed by atoms with Crippen molar-refractivity contribution < 1.29 is 5.11 Å². The number of aromatic hydroxyl groups is 1. The second-order valence-corrected chi connectivity index (χ2v) is 4.12. The molecular weight excluding hydrogens is 236 g/mol. The summed E-state index contributed by atoms with van der Waals surface area (Å²) in [4.78, 5) is 4.31. The van der Waals surface area contributed by atoms with Gasteiger partial charge in [-0.2, -0.15) is 0 Å². The van der Waals surface area contributed by atoms with Crippen LogP contribution in [0.1, 0.15) is 0 Å². The smallest absolute Gasteiger partial charge is 0.148 e. The molecule has 0 aliphatic rings. The van der Waals surface area contributed by atoms with Gasteiger partial charge in [0.2, 0.25) is 0 Å². The number of hydrogen-bond acceptors (Lipinski definition) is 2. The van der Waals surface area contributed by atoms with E-state index in [-0.39, 0.29) is 5.75 Å². The molecule has 3 aromatic rings. The van der Waals surface area contributed by atoms with Crippen LogP contribution in [0, 0.1) is 0 Å². The van der Waals surface area contributed by atoms with E-state index in [4.69, 9.17) is 11.6 Å². The summed E-state index contributed by atoms with van der Waals surface area (Å²) in [5, 5.41) is 10.5. The molecule has 0 spiro atoms. The van der Waals surface area contributed by atoms with E-state index in [1.54, 1.807) is 18.3 Å². The Kier molecular flexibility index (Phi) is 2.27. The van der Waals surface area contributed by atoms with Crippen LogP contribution in [0.25, 0.3) is 16.9 Å². The topological polar surface area (TPSA) is 37.5 Å². The molecule has 2 heterocycles. The van der Waals surface area contributed by atoms with E-state index in [1.165, 1.54) is 0 Å². The van der Waals surface area contributed by atoms with E-state index < -0.39 is 0 Å². The number of aromatic nitrogens is 2. The van der Waals surface area contributed by atoms with Gasteiger partial charge in [-0.15, -0.1) is 0 Å². The standard InChI is InChI=1S/C13H9ClN2O/c14-10-5-3-7-16-11(10)8-15-13(16)9-4-1-2-6-12(9)17/h1-8,17H. The van der Waals surface area contributed by atoms with Crippen molar-refractivity contribution in [2.75, 3.05) is 0 Å². The number of nitrogens with zero attached hydrogens (tertiary/aromatic N) is 2. The maximum atomic E-state index is 9.82. The Labute approximate surface area is 103 Å². The zero-order chi connectivity index (χ0) is 11.8. The van der Waals surface area contributed by atoms with Gasteiger partial charge in [-0.1, -0.05) is 23.7 Å². The van der Waals surface area contributed by atoms with Crippen LogP contribution in [0.5, 0.6) is 5.75 Å². The predicted molar refractivity (Wildman–Crippen MR) is 67.3 cm³/mol. The number of halogens is 1. The predicted octanol–water partition coefficient (Wildman–Crippen LogP) is 3.36. The first-order valence-corrected chi connectivity index (χ1v) is 5.55.